The monoisotopic (exact) mass is 397 g/mol. The summed E-state index contributed by atoms with van der Waals surface area (Å²) in [4.78, 5) is 0. The normalized spacial score (nSPS) is 17.2. The molecule has 2 aliphatic heterocycles. The van der Waals surface area contributed by atoms with Gasteiger partial charge in [-0.2, -0.15) is 0 Å². The molecule has 0 spiro atoms. The first-order valence-electron chi connectivity index (χ1n) is 10.2. The zero-order valence-corrected chi connectivity index (χ0v) is 17.6. The van der Waals surface area contributed by atoms with Gasteiger partial charge in [-0.25, -0.2) is 4.39 Å². The van der Waals surface area contributed by atoms with Crippen LogP contribution in [0.4, 0.5) is 10.1 Å². The van der Waals surface area contributed by atoms with Crippen LogP contribution in [0.5, 0.6) is 5.75 Å². The minimum absolute atomic E-state index is 0.123. The van der Waals surface area contributed by atoms with Crippen LogP contribution in [0.1, 0.15) is 43.0 Å². The van der Waals surface area contributed by atoms with E-state index in [-0.39, 0.29) is 11.4 Å². The van der Waals surface area contributed by atoms with E-state index in [1.54, 1.807) is 6.07 Å². The number of ether oxygens (including phenoxy) is 1. The smallest absolute Gasteiger partial charge is 0.138 e. The molecule has 0 aliphatic carbocycles. The van der Waals surface area contributed by atoms with Crippen molar-refractivity contribution in [3.63, 3.8) is 0 Å². The minimum Gasteiger partial charge on any atom is -0.456 e. The summed E-state index contributed by atoms with van der Waals surface area (Å²) in [6, 6.07) is 17.2. The van der Waals surface area contributed by atoms with E-state index in [1.807, 2.05) is 12.1 Å². The van der Waals surface area contributed by atoms with E-state index in [1.165, 1.54) is 17.7 Å². The molecule has 1 N–H and O–H groups in total. The fourth-order valence-corrected chi connectivity index (χ4v) is 4.56. The lowest BCUT2D eigenvalue weighted by molar-refractivity contribution is 0.506. The molecule has 0 radical (unpaired) electrons. The molecule has 0 saturated heterocycles. The first-order valence-corrected chi connectivity index (χ1v) is 10.2. The van der Waals surface area contributed by atoms with Crippen LogP contribution in [-0.4, -0.2) is 5.54 Å². The highest BCUT2D eigenvalue weighted by Gasteiger charge is 2.31. The highest BCUT2D eigenvalue weighted by Crippen LogP contribution is 2.49. The second-order valence-corrected chi connectivity index (χ2v) is 8.69. The predicted octanol–water partition coefficient (Wildman–Crippen LogP) is 7.30. The van der Waals surface area contributed by atoms with Gasteiger partial charge in [0.15, 0.2) is 0 Å². The number of anilines is 1. The summed E-state index contributed by atoms with van der Waals surface area (Å²) in [5.74, 6) is 0.987. The molecule has 30 heavy (non-hydrogen) atoms. The summed E-state index contributed by atoms with van der Waals surface area (Å²) in [5.41, 5.74) is 8.57. The number of fused-ring (bicyclic) bond motifs is 5. The second-order valence-electron chi connectivity index (χ2n) is 8.69. The molecule has 0 saturated carbocycles. The lowest BCUT2D eigenvalue weighted by Crippen LogP contribution is -2.32. The van der Waals surface area contributed by atoms with Crippen molar-refractivity contribution >= 4 is 23.1 Å². The summed E-state index contributed by atoms with van der Waals surface area (Å²) < 4.78 is 20.3. The largest absolute Gasteiger partial charge is 0.456 e. The van der Waals surface area contributed by atoms with Gasteiger partial charge in [-0.05, 0) is 74.2 Å². The Kier molecular flexibility index (Phi) is 4.11. The molecule has 3 aromatic rings. The Bertz CT molecular complexity index is 1250. The van der Waals surface area contributed by atoms with Crippen molar-refractivity contribution in [1.29, 1.82) is 0 Å². The predicted molar refractivity (Wildman–Crippen MR) is 123 cm³/mol. The van der Waals surface area contributed by atoms with Crippen LogP contribution in [0.3, 0.4) is 0 Å². The highest BCUT2D eigenvalue weighted by atomic mass is 19.1. The minimum atomic E-state index is -0.301. The van der Waals surface area contributed by atoms with Crippen molar-refractivity contribution < 1.29 is 9.13 Å². The van der Waals surface area contributed by atoms with E-state index in [2.05, 4.69) is 69.4 Å². The highest BCUT2D eigenvalue weighted by molar-refractivity contribution is 6.00. The van der Waals surface area contributed by atoms with Gasteiger partial charge in [0.25, 0.3) is 0 Å². The third-order valence-electron chi connectivity index (χ3n) is 5.81. The molecular weight excluding hydrogens is 373 g/mol. The Morgan fingerprint density at radius 3 is 2.50 bits per heavy atom. The summed E-state index contributed by atoms with van der Waals surface area (Å²) >= 11 is 0. The van der Waals surface area contributed by atoms with Crippen molar-refractivity contribution in [2.75, 3.05) is 5.32 Å². The topological polar surface area (TPSA) is 21.3 Å². The third kappa shape index (κ3) is 3.02. The van der Waals surface area contributed by atoms with Gasteiger partial charge in [0.05, 0.1) is 5.54 Å². The number of nitrogens with one attached hydrogen (secondary N) is 1. The molecular formula is C27H24FNO. The Balaban J connectivity index is 1.82. The van der Waals surface area contributed by atoms with E-state index in [9.17, 15) is 4.39 Å². The molecule has 0 unspecified atom stereocenters. The number of halogens is 1. The van der Waals surface area contributed by atoms with Crippen LogP contribution >= 0.6 is 0 Å². The fraction of sp³-hybridized carbons (Fsp3) is 0.185. The molecule has 5 rings (SSSR count). The van der Waals surface area contributed by atoms with Crippen LogP contribution in [0, 0.1) is 12.7 Å². The third-order valence-corrected chi connectivity index (χ3v) is 5.81. The standard InChI is InChI=1S/C27H24FNO/c1-16-7-5-6-8-18(16)13-24-26-21(20-10-9-19(28)14-23(20)30-24)11-12-22-25(26)17(2)15-27(3,4)29-22/h5-15,29H,1-4H3/b24-13-. The number of rotatable bonds is 1. The Morgan fingerprint density at radius 2 is 1.70 bits per heavy atom. The van der Waals surface area contributed by atoms with Gasteiger partial charge >= 0.3 is 0 Å². The summed E-state index contributed by atoms with van der Waals surface area (Å²) in [6.45, 7) is 8.56. The van der Waals surface area contributed by atoms with Gasteiger partial charge in [0, 0.05) is 28.4 Å². The molecule has 150 valence electrons. The van der Waals surface area contributed by atoms with Crippen LogP contribution < -0.4 is 10.1 Å². The van der Waals surface area contributed by atoms with E-state index < -0.39 is 0 Å². The number of benzene rings is 3. The van der Waals surface area contributed by atoms with Crippen molar-refractivity contribution in [1.82, 2.24) is 0 Å². The number of aryl methyl sites for hydroxylation is 1. The summed E-state index contributed by atoms with van der Waals surface area (Å²) in [5, 5.41) is 3.63. The maximum absolute atomic E-state index is 14.0. The van der Waals surface area contributed by atoms with Gasteiger partial charge in [-0.3, -0.25) is 0 Å². The van der Waals surface area contributed by atoms with Crippen LogP contribution in [-0.2, 0) is 0 Å². The molecule has 0 fully saturated rings. The quantitative estimate of drug-likeness (QED) is 0.465. The average molecular weight is 397 g/mol. The molecule has 2 aliphatic rings. The van der Waals surface area contributed by atoms with Crippen molar-refractivity contribution in [3.8, 4) is 16.9 Å². The average Bonchev–Trinajstić information content (AvgIpc) is 2.68. The lowest BCUT2D eigenvalue weighted by atomic mass is 9.83. The number of hydrogen-bond acceptors (Lipinski definition) is 2. The Labute approximate surface area is 176 Å². The maximum Gasteiger partial charge on any atom is 0.138 e. The van der Waals surface area contributed by atoms with E-state index in [0.29, 0.717) is 5.75 Å². The molecule has 0 aromatic heterocycles. The van der Waals surface area contributed by atoms with Crippen molar-refractivity contribution in [3.05, 3.63) is 88.7 Å². The van der Waals surface area contributed by atoms with Crippen LogP contribution in [0.25, 0.3) is 28.5 Å². The van der Waals surface area contributed by atoms with E-state index >= 15 is 0 Å². The second kappa shape index (κ2) is 6.60. The van der Waals surface area contributed by atoms with Gasteiger partial charge in [-0.15, -0.1) is 0 Å². The summed E-state index contributed by atoms with van der Waals surface area (Å²) in [7, 11) is 0. The molecule has 2 nitrogen and oxygen atoms in total. The fourth-order valence-electron chi connectivity index (χ4n) is 4.56. The number of hydrogen-bond donors (Lipinski definition) is 1. The Hall–Kier alpha value is -3.33. The lowest BCUT2D eigenvalue weighted by Gasteiger charge is -2.35. The zero-order valence-electron chi connectivity index (χ0n) is 17.6. The van der Waals surface area contributed by atoms with Gasteiger partial charge < -0.3 is 10.1 Å². The zero-order chi connectivity index (χ0) is 21.0. The molecule has 0 atom stereocenters. The maximum atomic E-state index is 14.0. The van der Waals surface area contributed by atoms with Crippen LogP contribution in [0.2, 0.25) is 0 Å². The molecule has 0 bridgehead atoms. The van der Waals surface area contributed by atoms with Gasteiger partial charge in [0.2, 0.25) is 0 Å². The molecule has 3 aromatic carbocycles. The molecule has 0 amide bonds. The van der Waals surface area contributed by atoms with Gasteiger partial charge in [0.1, 0.15) is 17.3 Å². The molecule has 2 heterocycles. The van der Waals surface area contributed by atoms with Crippen molar-refractivity contribution in [2.45, 2.75) is 33.2 Å². The number of allylic oxidation sites excluding steroid dienone is 1. The first-order chi connectivity index (χ1) is 14.3. The van der Waals surface area contributed by atoms with Crippen LogP contribution in [0.15, 0.2) is 60.7 Å². The Morgan fingerprint density at radius 1 is 0.933 bits per heavy atom. The first kappa shape index (κ1) is 18.7. The van der Waals surface area contributed by atoms with E-state index in [4.69, 9.17) is 4.74 Å². The molecule has 3 heteroatoms. The van der Waals surface area contributed by atoms with E-state index in [0.717, 1.165) is 44.8 Å². The van der Waals surface area contributed by atoms with Gasteiger partial charge in [-0.1, -0.05) is 36.4 Å². The van der Waals surface area contributed by atoms with Crippen molar-refractivity contribution in [2.24, 2.45) is 0 Å². The SMILES string of the molecule is CC1=CC(C)(C)Nc2ccc3c(c21)/C(=C/c1ccccc1C)Oc1cc(F)ccc1-3. The summed E-state index contributed by atoms with van der Waals surface area (Å²) in [6.07, 6.45) is 4.32.